The average molecular weight is 643 g/mol. The molecule has 0 radical (unpaired) electrons. The first-order chi connectivity index (χ1) is 22.1. The number of benzene rings is 1. The van der Waals surface area contributed by atoms with Gasteiger partial charge < -0.3 is 19.7 Å². The fourth-order valence-electron chi connectivity index (χ4n) is 12.4. The third-order valence-corrected chi connectivity index (χ3v) is 15.4. The lowest BCUT2D eigenvalue weighted by molar-refractivity contribution is -0.203. The van der Waals surface area contributed by atoms with Crippen molar-refractivity contribution in [1.29, 1.82) is 0 Å². The predicted octanol–water partition coefficient (Wildman–Crippen LogP) is 9.13. The average Bonchev–Trinajstić information content (AvgIpc) is 3.51. The van der Waals surface area contributed by atoms with Crippen LogP contribution in [0, 0.1) is 50.2 Å². The molecule has 0 saturated heterocycles. The van der Waals surface area contributed by atoms with Crippen LogP contribution in [0.25, 0.3) is 11.3 Å². The van der Waals surface area contributed by atoms with Gasteiger partial charge in [-0.2, -0.15) is 0 Å². The van der Waals surface area contributed by atoms with E-state index in [4.69, 9.17) is 9.26 Å². The molecule has 5 aliphatic rings. The summed E-state index contributed by atoms with van der Waals surface area (Å²) in [5.74, 6) is 2.96. The molecule has 1 aromatic carbocycles. The van der Waals surface area contributed by atoms with Crippen molar-refractivity contribution in [2.45, 2.75) is 125 Å². The molecule has 4 saturated carbocycles. The standard InChI is InChI=1S/C41H58N2O4/c1-36(2)19-21-41(35(45)42-25-26-23-30(43-47-26)27-11-9-10-12-31(27)46-8)22-20-39(6)28(29(41)24-36)13-14-33-38(5)17-16-34(44)37(3,4)32(38)15-18-40(33,39)7/h9-13,23,29,32-34,44H,14-22,24-25H2,1-8H3,(H,42,45)/t29-,32?,33?,34-,38-,39+,40+,41-/m0/s1. The first kappa shape index (κ1) is 32.9. The van der Waals surface area contributed by atoms with E-state index in [1.54, 1.807) is 12.7 Å². The van der Waals surface area contributed by atoms with Crippen molar-refractivity contribution in [3.05, 3.63) is 47.7 Å². The fraction of sp³-hybridized carbons (Fsp3) is 0.707. The Labute approximate surface area is 282 Å². The summed E-state index contributed by atoms with van der Waals surface area (Å²) in [6.45, 7) is 17.6. The molecule has 6 heteroatoms. The molecule has 1 amide bonds. The van der Waals surface area contributed by atoms with Crippen LogP contribution in [0.2, 0.25) is 0 Å². The van der Waals surface area contributed by atoms with Crippen molar-refractivity contribution in [3.63, 3.8) is 0 Å². The molecule has 0 spiro atoms. The minimum atomic E-state index is -0.395. The first-order valence-corrected chi connectivity index (χ1v) is 18.4. The molecule has 47 heavy (non-hydrogen) atoms. The lowest BCUT2D eigenvalue weighted by atomic mass is 9.33. The minimum absolute atomic E-state index is 0.0517. The highest BCUT2D eigenvalue weighted by molar-refractivity contribution is 5.84. The number of aliphatic hydroxyl groups excluding tert-OH is 1. The van der Waals surface area contributed by atoms with Crippen LogP contribution in [0.3, 0.4) is 0 Å². The lowest BCUT2D eigenvalue weighted by Gasteiger charge is -2.71. The molecule has 6 nitrogen and oxygen atoms in total. The van der Waals surface area contributed by atoms with Crippen LogP contribution in [0.15, 0.2) is 46.5 Å². The van der Waals surface area contributed by atoms with Gasteiger partial charge in [-0.15, -0.1) is 0 Å². The van der Waals surface area contributed by atoms with Crippen LogP contribution in [-0.4, -0.2) is 29.4 Å². The van der Waals surface area contributed by atoms with Crippen LogP contribution < -0.4 is 10.1 Å². The molecular weight excluding hydrogens is 584 g/mol. The number of nitrogens with one attached hydrogen (secondary N) is 1. The van der Waals surface area contributed by atoms with Crippen LogP contribution >= 0.6 is 0 Å². The number of aliphatic hydroxyl groups is 1. The zero-order valence-electron chi connectivity index (χ0n) is 30.2. The largest absolute Gasteiger partial charge is 0.496 e. The van der Waals surface area contributed by atoms with E-state index in [-0.39, 0.29) is 45.0 Å². The molecule has 256 valence electrons. The summed E-state index contributed by atoms with van der Waals surface area (Å²) in [6, 6.07) is 9.71. The van der Waals surface area contributed by atoms with Crippen molar-refractivity contribution >= 4 is 5.91 Å². The Hall–Kier alpha value is -2.60. The molecule has 5 aliphatic carbocycles. The number of para-hydroxylation sites is 1. The Bertz CT molecular complexity index is 1570. The van der Waals surface area contributed by atoms with E-state index in [0.717, 1.165) is 62.7 Å². The van der Waals surface area contributed by atoms with E-state index in [9.17, 15) is 9.90 Å². The Kier molecular flexibility index (Phi) is 7.67. The second kappa shape index (κ2) is 11.0. The van der Waals surface area contributed by atoms with Crippen molar-refractivity contribution in [2.75, 3.05) is 7.11 Å². The van der Waals surface area contributed by atoms with Gasteiger partial charge in [-0.1, -0.05) is 77.4 Å². The Balaban J connectivity index is 1.18. The highest BCUT2D eigenvalue weighted by atomic mass is 16.5. The number of ether oxygens (including phenoxy) is 1. The van der Waals surface area contributed by atoms with Gasteiger partial charge in [0.25, 0.3) is 0 Å². The molecule has 2 unspecified atom stereocenters. The van der Waals surface area contributed by atoms with Gasteiger partial charge in [0, 0.05) is 11.6 Å². The van der Waals surface area contributed by atoms with Crippen molar-refractivity contribution in [2.24, 2.45) is 50.2 Å². The van der Waals surface area contributed by atoms with Crippen LogP contribution in [-0.2, 0) is 11.3 Å². The van der Waals surface area contributed by atoms with Gasteiger partial charge in [0.2, 0.25) is 5.91 Å². The summed E-state index contributed by atoms with van der Waals surface area (Å²) < 4.78 is 11.3. The number of nitrogens with zero attached hydrogens (tertiary/aromatic N) is 1. The third-order valence-electron chi connectivity index (χ3n) is 15.4. The maximum absolute atomic E-state index is 14.6. The molecule has 7 rings (SSSR count). The summed E-state index contributed by atoms with van der Waals surface area (Å²) in [5, 5.41) is 18.7. The first-order valence-electron chi connectivity index (χ1n) is 18.4. The van der Waals surface area contributed by atoms with Gasteiger partial charge in [-0.3, -0.25) is 4.79 Å². The summed E-state index contributed by atoms with van der Waals surface area (Å²) >= 11 is 0. The number of amides is 1. The monoisotopic (exact) mass is 642 g/mol. The van der Waals surface area contributed by atoms with E-state index in [1.165, 1.54) is 12.8 Å². The number of aromatic nitrogens is 1. The number of carbonyl (C=O) groups excluding carboxylic acids is 1. The number of carbonyl (C=O) groups is 1. The van der Waals surface area contributed by atoms with Gasteiger partial charge in [0.15, 0.2) is 5.76 Å². The number of methoxy groups -OCH3 is 1. The molecule has 2 N–H and O–H groups in total. The van der Waals surface area contributed by atoms with E-state index >= 15 is 0 Å². The van der Waals surface area contributed by atoms with Crippen LogP contribution in [0.5, 0.6) is 5.75 Å². The number of hydrogen-bond acceptors (Lipinski definition) is 5. The summed E-state index contributed by atoms with van der Waals surface area (Å²) in [5.41, 5.74) is 3.40. The van der Waals surface area contributed by atoms with Crippen molar-refractivity contribution < 1.29 is 19.2 Å². The highest BCUT2D eigenvalue weighted by Gasteiger charge is 2.69. The fourth-order valence-corrected chi connectivity index (χ4v) is 12.4. The Morgan fingerprint density at radius 2 is 1.72 bits per heavy atom. The second-order valence-electron chi connectivity index (χ2n) is 18.3. The highest BCUT2D eigenvalue weighted by Crippen LogP contribution is 2.75. The van der Waals surface area contributed by atoms with E-state index in [0.29, 0.717) is 29.8 Å². The summed E-state index contributed by atoms with van der Waals surface area (Å²) in [7, 11) is 1.66. The van der Waals surface area contributed by atoms with Gasteiger partial charge in [-0.05, 0) is 121 Å². The molecule has 8 atom stereocenters. The zero-order valence-corrected chi connectivity index (χ0v) is 30.2. The van der Waals surface area contributed by atoms with Gasteiger partial charge >= 0.3 is 0 Å². The van der Waals surface area contributed by atoms with Gasteiger partial charge in [0.1, 0.15) is 11.4 Å². The second-order valence-corrected chi connectivity index (χ2v) is 18.3. The smallest absolute Gasteiger partial charge is 0.227 e. The van der Waals surface area contributed by atoms with Crippen LogP contribution in [0.4, 0.5) is 0 Å². The molecule has 4 fully saturated rings. The Morgan fingerprint density at radius 1 is 0.979 bits per heavy atom. The molecule has 1 heterocycles. The third kappa shape index (κ3) is 4.73. The summed E-state index contributed by atoms with van der Waals surface area (Å²) in [4.78, 5) is 14.6. The lowest BCUT2D eigenvalue weighted by Crippen LogP contribution is -2.65. The molecule has 2 aromatic rings. The number of rotatable bonds is 5. The molecule has 0 aliphatic heterocycles. The maximum Gasteiger partial charge on any atom is 0.227 e. The molecular formula is C41H58N2O4. The Morgan fingerprint density at radius 3 is 2.49 bits per heavy atom. The predicted molar refractivity (Wildman–Crippen MR) is 185 cm³/mol. The van der Waals surface area contributed by atoms with E-state index in [2.05, 4.69) is 65.0 Å². The van der Waals surface area contributed by atoms with Crippen LogP contribution in [0.1, 0.15) is 118 Å². The van der Waals surface area contributed by atoms with Crippen molar-refractivity contribution in [1.82, 2.24) is 10.5 Å². The number of hydrogen-bond donors (Lipinski definition) is 2. The molecule has 1 aromatic heterocycles. The van der Waals surface area contributed by atoms with Crippen molar-refractivity contribution in [3.8, 4) is 17.0 Å². The number of allylic oxidation sites excluding steroid dienone is 2. The zero-order chi connectivity index (χ0) is 33.6. The minimum Gasteiger partial charge on any atom is -0.496 e. The quantitative estimate of drug-likeness (QED) is 0.318. The number of fused-ring (bicyclic) bond motifs is 7. The van der Waals surface area contributed by atoms with Gasteiger partial charge in [-0.25, -0.2) is 0 Å². The normalized spacial score (nSPS) is 40.1. The maximum atomic E-state index is 14.6. The van der Waals surface area contributed by atoms with E-state index < -0.39 is 5.41 Å². The van der Waals surface area contributed by atoms with Gasteiger partial charge in [0.05, 0.1) is 25.2 Å². The summed E-state index contributed by atoms with van der Waals surface area (Å²) in [6.07, 6.45) is 13.0. The SMILES string of the molecule is COc1ccccc1-c1cc(CNC(=O)[C@]23CCC(C)(C)C[C@H]2C2=CCC4[C@@]5(C)CC[C@H](O)C(C)(C)C5CC[C@@]4(C)[C@]2(C)CC3)on1. The topological polar surface area (TPSA) is 84.6 Å². The molecule has 0 bridgehead atoms. The van der Waals surface area contributed by atoms with E-state index in [1.807, 2.05) is 30.3 Å².